The number of thioether (sulfide) groups is 1. The molecule has 0 aliphatic carbocycles. The van der Waals surface area contributed by atoms with Crippen molar-refractivity contribution in [3.8, 4) is 17.1 Å². The first-order chi connectivity index (χ1) is 14.5. The number of aromatic nitrogens is 7. The van der Waals surface area contributed by atoms with Crippen molar-refractivity contribution >= 4 is 23.4 Å². The topological polar surface area (TPSA) is 103 Å². The number of benzene rings is 2. The van der Waals surface area contributed by atoms with Gasteiger partial charge in [-0.3, -0.25) is 9.36 Å². The lowest BCUT2D eigenvalue weighted by atomic mass is 10.1. The summed E-state index contributed by atoms with van der Waals surface area (Å²) < 4.78 is 3.46. The Labute approximate surface area is 177 Å². The first-order valence-electron chi connectivity index (χ1n) is 9.24. The molecule has 0 spiro atoms. The molecule has 10 heteroatoms. The molecule has 4 aromatic rings. The normalized spacial score (nSPS) is 10.9. The van der Waals surface area contributed by atoms with Crippen LogP contribution in [-0.2, 0) is 11.8 Å². The van der Waals surface area contributed by atoms with Crippen LogP contribution in [0.5, 0.6) is 0 Å². The Morgan fingerprint density at radius 2 is 1.97 bits per heavy atom. The molecule has 9 nitrogen and oxygen atoms in total. The highest BCUT2D eigenvalue weighted by molar-refractivity contribution is 7.99. The summed E-state index contributed by atoms with van der Waals surface area (Å²) in [5.41, 5.74) is 4.88. The average molecular weight is 421 g/mol. The van der Waals surface area contributed by atoms with Gasteiger partial charge in [-0.2, -0.15) is 0 Å². The van der Waals surface area contributed by atoms with Crippen LogP contribution in [0.3, 0.4) is 0 Å². The van der Waals surface area contributed by atoms with Gasteiger partial charge in [0, 0.05) is 24.0 Å². The van der Waals surface area contributed by atoms with Crippen molar-refractivity contribution in [2.24, 2.45) is 7.05 Å². The van der Waals surface area contributed by atoms with Crippen LogP contribution in [0.15, 0.2) is 53.9 Å². The van der Waals surface area contributed by atoms with E-state index in [0.29, 0.717) is 16.7 Å². The summed E-state index contributed by atoms with van der Waals surface area (Å²) in [6.45, 7) is 4.13. The molecule has 0 saturated carbocycles. The smallest absolute Gasteiger partial charge is 0.234 e. The molecule has 0 saturated heterocycles. The number of rotatable bonds is 6. The largest absolute Gasteiger partial charge is 0.325 e. The van der Waals surface area contributed by atoms with E-state index in [4.69, 9.17) is 0 Å². The van der Waals surface area contributed by atoms with Gasteiger partial charge in [0.1, 0.15) is 6.33 Å². The minimum Gasteiger partial charge on any atom is -0.325 e. The first kappa shape index (κ1) is 19.8. The van der Waals surface area contributed by atoms with Gasteiger partial charge >= 0.3 is 0 Å². The summed E-state index contributed by atoms with van der Waals surface area (Å²) >= 11 is 1.33. The number of anilines is 1. The van der Waals surface area contributed by atoms with E-state index in [0.717, 1.165) is 11.3 Å². The molecule has 0 aliphatic rings. The van der Waals surface area contributed by atoms with Gasteiger partial charge in [0.25, 0.3) is 0 Å². The molecule has 4 rings (SSSR count). The molecule has 2 aromatic carbocycles. The zero-order valence-electron chi connectivity index (χ0n) is 16.8. The minimum absolute atomic E-state index is 0.136. The Kier molecular flexibility index (Phi) is 5.57. The molecule has 30 heavy (non-hydrogen) atoms. The molecular formula is C20H20N8OS. The SMILES string of the molecule is Cc1ccc(-n2cnnc2SCC(=O)Nc2cccc(-c3nnnn3C)c2)cc1C. The van der Waals surface area contributed by atoms with E-state index in [1.54, 1.807) is 18.1 Å². The van der Waals surface area contributed by atoms with Crippen molar-refractivity contribution < 1.29 is 4.79 Å². The first-order valence-corrected chi connectivity index (χ1v) is 10.2. The predicted molar refractivity (Wildman–Crippen MR) is 114 cm³/mol. The number of tetrazole rings is 1. The number of aryl methyl sites for hydroxylation is 3. The molecule has 0 bridgehead atoms. The molecule has 0 aliphatic heterocycles. The summed E-state index contributed by atoms with van der Waals surface area (Å²) in [5, 5.41) is 23.2. The molecule has 1 N–H and O–H groups in total. The van der Waals surface area contributed by atoms with Gasteiger partial charge in [-0.15, -0.1) is 15.3 Å². The highest BCUT2D eigenvalue weighted by Gasteiger charge is 2.12. The van der Waals surface area contributed by atoms with Gasteiger partial charge in [0.2, 0.25) is 5.91 Å². The third-order valence-electron chi connectivity index (χ3n) is 4.64. The van der Waals surface area contributed by atoms with Crippen LogP contribution in [-0.4, -0.2) is 46.6 Å². The summed E-state index contributed by atoms with van der Waals surface area (Å²) in [6, 6.07) is 13.6. The molecule has 0 unspecified atom stereocenters. The molecule has 0 atom stereocenters. The Hall–Kier alpha value is -3.53. The van der Waals surface area contributed by atoms with Crippen LogP contribution in [0.4, 0.5) is 5.69 Å². The fourth-order valence-electron chi connectivity index (χ4n) is 2.91. The summed E-state index contributed by atoms with van der Waals surface area (Å²) in [4.78, 5) is 12.5. The van der Waals surface area contributed by atoms with E-state index >= 15 is 0 Å². The van der Waals surface area contributed by atoms with Crippen LogP contribution < -0.4 is 5.32 Å². The molecule has 2 aromatic heterocycles. The lowest BCUT2D eigenvalue weighted by molar-refractivity contribution is -0.113. The maximum absolute atomic E-state index is 12.5. The maximum atomic E-state index is 12.5. The van der Waals surface area contributed by atoms with Crippen LogP contribution in [0, 0.1) is 13.8 Å². The Balaban J connectivity index is 1.42. The zero-order valence-corrected chi connectivity index (χ0v) is 17.6. The van der Waals surface area contributed by atoms with E-state index in [9.17, 15) is 4.79 Å². The lowest BCUT2D eigenvalue weighted by Crippen LogP contribution is -2.14. The van der Waals surface area contributed by atoms with Gasteiger partial charge in [-0.05, 0) is 59.7 Å². The molecule has 2 heterocycles. The average Bonchev–Trinajstić information content (AvgIpc) is 3.37. The molecular weight excluding hydrogens is 400 g/mol. The van der Waals surface area contributed by atoms with E-state index < -0.39 is 0 Å². The monoisotopic (exact) mass is 420 g/mol. The standard InChI is InChI=1S/C20H20N8OS/c1-13-7-8-17(9-14(13)2)28-12-21-24-20(28)30-11-18(29)22-16-6-4-5-15(10-16)19-23-25-26-27(19)3/h4-10,12H,11H2,1-3H3,(H,22,29). The summed E-state index contributed by atoms with van der Waals surface area (Å²) in [7, 11) is 1.77. The Bertz CT molecular complexity index is 1200. The summed E-state index contributed by atoms with van der Waals surface area (Å²) in [5.74, 6) is 0.698. The number of carbonyl (C=O) groups is 1. The van der Waals surface area contributed by atoms with Crippen molar-refractivity contribution in [2.45, 2.75) is 19.0 Å². The second kappa shape index (κ2) is 8.46. The summed E-state index contributed by atoms with van der Waals surface area (Å²) in [6.07, 6.45) is 1.66. The Morgan fingerprint density at radius 1 is 1.10 bits per heavy atom. The van der Waals surface area contributed by atoms with Crippen LogP contribution >= 0.6 is 11.8 Å². The lowest BCUT2D eigenvalue weighted by Gasteiger charge is -2.09. The van der Waals surface area contributed by atoms with Crippen molar-refractivity contribution in [1.82, 2.24) is 35.0 Å². The van der Waals surface area contributed by atoms with Gasteiger partial charge in [-0.1, -0.05) is 30.0 Å². The van der Waals surface area contributed by atoms with Gasteiger partial charge < -0.3 is 5.32 Å². The predicted octanol–water partition coefficient (Wildman–Crippen LogP) is 2.81. The molecule has 0 radical (unpaired) electrons. The van der Waals surface area contributed by atoms with Crippen molar-refractivity contribution in [2.75, 3.05) is 11.1 Å². The van der Waals surface area contributed by atoms with Crippen molar-refractivity contribution in [3.05, 3.63) is 59.9 Å². The van der Waals surface area contributed by atoms with Crippen molar-refractivity contribution in [3.63, 3.8) is 0 Å². The fourth-order valence-corrected chi connectivity index (χ4v) is 3.64. The maximum Gasteiger partial charge on any atom is 0.234 e. The number of carbonyl (C=O) groups excluding carboxylic acids is 1. The van der Waals surface area contributed by atoms with Crippen LogP contribution in [0.2, 0.25) is 0 Å². The van der Waals surface area contributed by atoms with E-state index in [1.807, 2.05) is 34.9 Å². The second-order valence-electron chi connectivity index (χ2n) is 6.80. The zero-order chi connectivity index (χ0) is 21.1. The number of nitrogens with one attached hydrogen (secondary N) is 1. The van der Waals surface area contributed by atoms with Gasteiger partial charge in [0.05, 0.1) is 5.75 Å². The van der Waals surface area contributed by atoms with Crippen LogP contribution in [0.25, 0.3) is 17.1 Å². The number of amides is 1. The molecule has 1 amide bonds. The van der Waals surface area contributed by atoms with Crippen LogP contribution in [0.1, 0.15) is 11.1 Å². The van der Waals surface area contributed by atoms with Gasteiger partial charge in [0.15, 0.2) is 11.0 Å². The highest BCUT2D eigenvalue weighted by Crippen LogP contribution is 2.23. The third-order valence-corrected chi connectivity index (χ3v) is 5.59. The highest BCUT2D eigenvalue weighted by atomic mass is 32.2. The van der Waals surface area contributed by atoms with Gasteiger partial charge in [-0.25, -0.2) is 4.68 Å². The second-order valence-corrected chi connectivity index (χ2v) is 7.74. The molecule has 0 fully saturated rings. The fraction of sp³-hybridized carbons (Fsp3) is 0.200. The minimum atomic E-state index is -0.136. The van der Waals surface area contributed by atoms with E-state index in [2.05, 4.69) is 57.0 Å². The van der Waals surface area contributed by atoms with Crippen molar-refractivity contribution in [1.29, 1.82) is 0 Å². The third kappa shape index (κ3) is 4.23. The van der Waals surface area contributed by atoms with E-state index in [1.165, 1.54) is 22.9 Å². The van der Waals surface area contributed by atoms with E-state index in [-0.39, 0.29) is 11.7 Å². The quantitative estimate of drug-likeness (QED) is 0.478. The number of hydrogen-bond acceptors (Lipinski definition) is 7. The number of hydrogen-bond donors (Lipinski definition) is 1. The Morgan fingerprint density at radius 3 is 2.73 bits per heavy atom. The number of nitrogens with zero attached hydrogens (tertiary/aromatic N) is 7. The molecule has 152 valence electrons.